The molecule has 0 fully saturated rings. The zero-order valence-electron chi connectivity index (χ0n) is 15.7. The normalized spacial score (nSPS) is 15.0. The SMILES string of the molecule is CN(CC1COc2ccccc2O1)C(=O)Cc1csc(NC(=O)c2ccco2)n1. The maximum absolute atomic E-state index is 12.5. The second kappa shape index (κ2) is 8.36. The number of furan rings is 1. The Labute approximate surface area is 171 Å². The van der Waals surface area contributed by atoms with Crippen LogP contribution < -0.4 is 14.8 Å². The number of ether oxygens (including phenoxy) is 2. The molecule has 1 aliphatic rings. The summed E-state index contributed by atoms with van der Waals surface area (Å²) >= 11 is 1.26. The maximum Gasteiger partial charge on any atom is 0.293 e. The number of carbonyl (C=O) groups excluding carboxylic acids is 2. The van der Waals surface area contributed by atoms with Gasteiger partial charge in [0, 0.05) is 12.4 Å². The summed E-state index contributed by atoms with van der Waals surface area (Å²) in [7, 11) is 1.72. The number of carbonyl (C=O) groups is 2. The summed E-state index contributed by atoms with van der Waals surface area (Å²) in [6.07, 6.45) is 1.32. The molecule has 4 rings (SSSR count). The largest absolute Gasteiger partial charge is 0.486 e. The van der Waals surface area contributed by atoms with Crippen molar-refractivity contribution in [3.05, 3.63) is 59.5 Å². The van der Waals surface area contributed by atoms with Gasteiger partial charge in [0.1, 0.15) is 6.61 Å². The van der Waals surface area contributed by atoms with Crippen LogP contribution in [0.25, 0.3) is 0 Å². The summed E-state index contributed by atoms with van der Waals surface area (Å²) in [5.74, 6) is 1.12. The average molecular weight is 413 g/mol. The minimum absolute atomic E-state index is 0.0957. The second-order valence-corrected chi connectivity index (χ2v) is 7.38. The number of hydrogen-bond acceptors (Lipinski definition) is 7. The van der Waals surface area contributed by atoms with Crippen molar-refractivity contribution in [1.82, 2.24) is 9.88 Å². The van der Waals surface area contributed by atoms with Crippen LogP contribution in [-0.2, 0) is 11.2 Å². The number of likely N-dealkylation sites (N-methyl/N-ethyl adjacent to an activating group) is 1. The van der Waals surface area contributed by atoms with Crippen molar-refractivity contribution < 1.29 is 23.5 Å². The Morgan fingerprint density at radius 2 is 2.07 bits per heavy atom. The van der Waals surface area contributed by atoms with Gasteiger partial charge in [0.05, 0.1) is 24.9 Å². The van der Waals surface area contributed by atoms with Crippen molar-refractivity contribution in [3.63, 3.8) is 0 Å². The molecular weight excluding hydrogens is 394 g/mol. The number of nitrogens with zero attached hydrogens (tertiary/aromatic N) is 2. The Hall–Kier alpha value is -3.33. The minimum Gasteiger partial charge on any atom is -0.486 e. The molecule has 150 valence electrons. The molecule has 1 aliphatic heterocycles. The molecule has 9 heteroatoms. The van der Waals surface area contributed by atoms with E-state index in [0.29, 0.717) is 35.5 Å². The molecule has 1 unspecified atom stereocenters. The van der Waals surface area contributed by atoms with Gasteiger partial charge in [-0.15, -0.1) is 11.3 Å². The summed E-state index contributed by atoms with van der Waals surface area (Å²) in [6.45, 7) is 0.785. The van der Waals surface area contributed by atoms with Gasteiger partial charge in [-0.3, -0.25) is 14.9 Å². The van der Waals surface area contributed by atoms with Crippen LogP contribution in [0.4, 0.5) is 5.13 Å². The zero-order valence-corrected chi connectivity index (χ0v) is 16.5. The highest BCUT2D eigenvalue weighted by Gasteiger charge is 2.24. The number of thiazole rings is 1. The van der Waals surface area contributed by atoms with Gasteiger partial charge in [-0.25, -0.2) is 4.98 Å². The zero-order chi connectivity index (χ0) is 20.2. The van der Waals surface area contributed by atoms with Crippen LogP contribution in [0.3, 0.4) is 0 Å². The first-order chi connectivity index (χ1) is 14.1. The first-order valence-electron chi connectivity index (χ1n) is 9.00. The van der Waals surface area contributed by atoms with Gasteiger partial charge in [0.25, 0.3) is 5.91 Å². The Kier molecular flexibility index (Phi) is 5.48. The molecule has 0 bridgehead atoms. The highest BCUT2D eigenvalue weighted by molar-refractivity contribution is 7.14. The standard InChI is InChI=1S/C20H19N3O5S/c1-23(10-14-11-27-15-5-2-3-6-16(15)28-14)18(24)9-13-12-29-20(21-13)22-19(25)17-7-4-8-26-17/h2-8,12,14H,9-11H2,1H3,(H,21,22,25). The van der Waals surface area contributed by atoms with Crippen LogP contribution in [-0.4, -0.2) is 48.0 Å². The lowest BCUT2D eigenvalue weighted by molar-refractivity contribution is -0.130. The van der Waals surface area contributed by atoms with E-state index in [1.165, 1.54) is 17.6 Å². The van der Waals surface area contributed by atoms with Gasteiger partial charge in [0.2, 0.25) is 5.91 Å². The van der Waals surface area contributed by atoms with E-state index >= 15 is 0 Å². The molecule has 1 N–H and O–H groups in total. The fraction of sp³-hybridized carbons (Fsp3) is 0.250. The summed E-state index contributed by atoms with van der Waals surface area (Å²) in [5, 5.41) is 4.82. The van der Waals surface area contributed by atoms with Crippen LogP contribution in [0, 0.1) is 0 Å². The summed E-state index contributed by atoms with van der Waals surface area (Å²) in [4.78, 5) is 30.4. The number of aromatic nitrogens is 1. The monoisotopic (exact) mass is 413 g/mol. The molecule has 1 atom stereocenters. The number of benzene rings is 1. The molecule has 2 amide bonds. The molecule has 0 saturated carbocycles. The van der Waals surface area contributed by atoms with Gasteiger partial charge in [-0.2, -0.15) is 0 Å². The summed E-state index contributed by atoms with van der Waals surface area (Å²) in [6, 6.07) is 10.7. The van der Waals surface area contributed by atoms with E-state index in [0.717, 1.165) is 0 Å². The molecule has 3 heterocycles. The Balaban J connectivity index is 1.29. The van der Waals surface area contributed by atoms with Crippen molar-refractivity contribution in [2.75, 3.05) is 25.5 Å². The van der Waals surface area contributed by atoms with Crippen molar-refractivity contribution in [2.24, 2.45) is 0 Å². The first kappa shape index (κ1) is 19.0. The molecule has 0 spiro atoms. The average Bonchev–Trinajstić information content (AvgIpc) is 3.40. The Morgan fingerprint density at radius 1 is 1.24 bits per heavy atom. The number of hydrogen-bond donors (Lipinski definition) is 1. The first-order valence-corrected chi connectivity index (χ1v) is 9.88. The quantitative estimate of drug-likeness (QED) is 0.668. The number of anilines is 1. The molecular formula is C20H19N3O5S. The van der Waals surface area contributed by atoms with Crippen molar-refractivity contribution in [1.29, 1.82) is 0 Å². The van der Waals surface area contributed by atoms with Crippen molar-refractivity contribution in [2.45, 2.75) is 12.5 Å². The van der Waals surface area contributed by atoms with E-state index in [2.05, 4.69) is 10.3 Å². The van der Waals surface area contributed by atoms with Gasteiger partial charge < -0.3 is 18.8 Å². The molecule has 29 heavy (non-hydrogen) atoms. The molecule has 0 aliphatic carbocycles. The maximum atomic E-state index is 12.5. The lowest BCUT2D eigenvalue weighted by Crippen LogP contribution is -2.42. The molecule has 0 radical (unpaired) electrons. The van der Waals surface area contributed by atoms with Crippen LogP contribution in [0.5, 0.6) is 11.5 Å². The highest BCUT2D eigenvalue weighted by Crippen LogP contribution is 2.31. The van der Waals surface area contributed by atoms with Crippen molar-refractivity contribution in [3.8, 4) is 11.5 Å². The van der Waals surface area contributed by atoms with E-state index in [-0.39, 0.29) is 30.1 Å². The number of para-hydroxylation sites is 2. The fourth-order valence-electron chi connectivity index (χ4n) is 2.86. The molecule has 1 aromatic carbocycles. The van der Waals surface area contributed by atoms with Crippen LogP contribution >= 0.6 is 11.3 Å². The third-order valence-electron chi connectivity index (χ3n) is 4.32. The minimum atomic E-state index is -0.380. The topological polar surface area (TPSA) is 93.9 Å². The number of nitrogens with one attached hydrogen (secondary N) is 1. The Bertz CT molecular complexity index is 1000. The molecule has 8 nitrogen and oxygen atoms in total. The molecule has 3 aromatic rings. The lowest BCUT2D eigenvalue weighted by atomic mass is 10.2. The van der Waals surface area contributed by atoms with E-state index < -0.39 is 0 Å². The number of rotatable bonds is 6. The van der Waals surface area contributed by atoms with Crippen LogP contribution in [0.15, 0.2) is 52.5 Å². The third-order valence-corrected chi connectivity index (χ3v) is 5.13. The third kappa shape index (κ3) is 4.57. The lowest BCUT2D eigenvalue weighted by Gasteiger charge is -2.29. The van der Waals surface area contributed by atoms with Crippen LogP contribution in [0.1, 0.15) is 16.2 Å². The second-order valence-electron chi connectivity index (χ2n) is 6.52. The van der Waals surface area contributed by atoms with Gasteiger partial charge in [-0.05, 0) is 24.3 Å². The van der Waals surface area contributed by atoms with Gasteiger partial charge in [0.15, 0.2) is 28.5 Å². The van der Waals surface area contributed by atoms with Crippen molar-refractivity contribution >= 4 is 28.3 Å². The van der Waals surface area contributed by atoms with Gasteiger partial charge in [-0.1, -0.05) is 12.1 Å². The molecule has 2 aromatic heterocycles. The van der Waals surface area contributed by atoms with E-state index in [9.17, 15) is 9.59 Å². The summed E-state index contributed by atoms with van der Waals surface area (Å²) in [5.41, 5.74) is 0.591. The van der Waals surface area contributed by atoms with Gasteiger partial charge >= 0.3 is 0 Å². The predicted molar refractivity (Wildman–Crippen MR) is 106 cm³/mol. The van der Waals surface area contributed by atoms with E-state index in [4.69, 9.17) is 13.9 Å². The molecule has 0 saturated heterocycles. The Morgan fingerprint density at radius 3 is 2.86 bits per heavy atom. The predicted octanol–water partition coefficient (Wildman–Crippen LogP) is 2.83. The number of amides is 2. The highest BCUT2D eigenvalue weighted by atomic mass is 32.1. The number of fused-ring (bicyclic) bond motifs is 1. The smallest absolute Gasteiger partial charge is 0.293 e. The van der Waals surface area contributed by atoms with E-state index in [1.807, 2.05) is 24.3 Å². The van der Waals surface area contributed by atoms with Crippen LogP contribution in [0.2, 0.25) is 0 Å². The summed E-state index contributed by atoms with van der Waals surface area (Å²) < 4.78 is 16.6. The van der Waals surface area contributed by atoms with E-state index in [1.54, 1.807) is 29.5 Å². The fourth-order valence-corrected chi connectivity index (χ4v) is 3.57.